The lowest BCUT2D eigenvalue weighted by Gasteiger charge is -2.40. The molecule has 4 heteroatoms. The van der Waals surface area contributed by atoms with Crippen LogP contribution in [0.1, 0.15) is 37.9 Å². The van der Waals surface area contributed by atoms with Crippen LogP contribution in [0.15, 0.2) is 18.3 Å². The lowest BCUT2D eigenvalue weighted by molar-refractivity contribution is -0.0782. The fourth-order valence-electron chi connectivity index (χ4n) is 3.90. The number of aryl methyl sites for hydroxylation is 1. The Morgan fingerprint density at radius 2 is 1.96 bits per heavy atom. The zero-order valence-corrected chi connectivity index (χ0v) is 14.9. The zero-order valence-electron chi connectivity index (χ0n) is 14.9. The van der Waals surface area contributed by atoms with Crippen molar-refractivity contribution < 1.29 is 4.74 Å². The van der Waals surface area contributed by atoms with Gasteiger partial charge in [0.1, 0.15) is 0 Å². The Labute approximate surface area is 140 Å². The van der Waals surface area contributed by atoms with E-state index in [9.17, 15) is 0 Å². The predicted octanol–water partition coefficient (Wildman–Crippen LogP) is 2.71. The molecule has 0 aromatic carbocycles. The smallest absolute Gasteiger partial charge is 0.0629 e. The second kappa shape index (κ2) is 7.29. The third-order valence-electron chi connectivity index (χ3n) is 5.27. The van der Waals surface area contributed by atoms with Crippen molar-refractivity contribution in [1.82, 2.24) is 14.8 Å². The minimum absolute atomic E-state index is 0.0707. The molecule has 1 aromatic rings. The number of rotatable bonds is 4. The van der Waals surface area contributed by atoms with Crippen LogP contribution in [-0.2, 0) is 11.3 Å². The van der Waals surface area contributed by atoms with E-state index in [1.165, 1.54) is 43.7 Å². The highest BCUT2D eigenvalue weighted by atomic mass is 16.5. The van der Waals surface area contributed by atoms with Crippen molar-refractivity contribution in [2.24, 2.45) is 5.92 Å². The molecule has 0 radical (unpaired) electrons. The summed E-state index contributed by atoms with van der Waals surface area (Å²) in [5.74, 6) is 0.795. The highest BCUT2D eigenvalue weighted by Gasteiger charge is 2.30. The first-order chi connectivity index (χ1) is 11.0. The molecule has 1 atom stereocenters. The monoisotopic (exact) mass is 317 g/mol. The Kier molecular flexibility index (Phi) is 5.34. The van der Waals surface area contributed by atoms with Gasteiger partial charge in [-0.25, -0.2) is 0 Å². The molecule has 3 rings (SSSR count). The average molecular weight is 317 g/mol. The fourth-order valence-corrected chi connectivity index (χ4v) is 3.90. The summed E-state index contributed by atoms with van der Waals surface area (Å²) in [7, 11) is 0. The van der Waals surface area contributed by atoms with Crippen LogP contribution >= 0.6 is 0 Å². The van der Waals surface area contributed by atoms with Crippen molar-refractivity contribution >= 4 is 0 Å². The van der Waals surface area contributed by atoms with E-state index in [4.69, 9.17) is 4.74 Å². The standard InChI is InChI=1S/C19H31N3O/c1-16-5-4-7-20-18(16)15-22-10-8-21(9-11-22)14-17-6-12-23-19(2,3)13-17/h4-5,7,17H,6,8-15H2,1-3H3/t17-/m1/s1. The molecule has 0 aliphatic carbocycles. The van der Waals surface area contributed by atoms with Gasteiger partial charge >= 0.3 is 0 Å². The predicted molar refractivity (Wildman–Crippen MR) is 93.4 cm³/mol. The molecule has 1 aromatic heterocycles. The molecule has 2 fully saturated rings. The van der Waals surface area contributed by atoms with Crippen LogP contribution in [0.4, 0.5) is 0 Å². The van der Waals surface area contributed by atoms with Crippen LogP contribution in [0.3, 0.4) is 0 Å². The van der Waals surface area contributed by atoms with Crippen LogP contribution in [0.2, 0.25) is 0 Å². The highest BCUT2D eigenvalue weighted by Crippen LogP contribution is 2.29. The van der Waals surface area contributed by atoms with Crippen molar-refractivity contribution in [2.45, 2.75) is 45.8 Å². The Balaban J connectivity index is 1.44. The topological polar surface area (TPSA) is 28.6 Å². The number of nitrogens with zero attached hydrogens (tertiary/aromatic N) is 3. The van der Waals surface area contributed by atoms with E-state index < -0.39 is 0 Å². The van der Waals surface area contributed by atoms with E-state index in [1.54, 1.807) is 0 Å². The van der Waals surface area contributed by atoms with Gasteiger partial charge in [-0.1, -0.05) is 6.07 Å². The van der Waals surface area contributed by atoms with Gasteiger partial charge in [-0.05, 0) is 51.2 Å². The number of ether oxygens (including phenoxy) is 1. The molecule has 0 spiro atoms. The van der Waals surface area contributed by atoms with E-state index in [0.717, 1.165) is 32.2 Å². The van der Waals surface area contributed by atoms with Crippen molar-refractivity contribution in [3.05, 3.63) is 29.6 Å². The first kappa shape index (κ1) is 16.9. The number of piperazine rings is 1. The molecule has 0 saturated carbocycles. The summed E-state index contributed by atoms with van der Waals surface area (Å²) >= 11 is 0. The molecule has 0 N–H and O–H groups in total. The summed E-state index contributed by atoms with van der Waals surface area (Å²) in [5, 5.41) is 0. The minimum Gasteiger partial charge on any atom is -0.376 e. The van der Waals surface area contributed by atoms with Crippen LogP contribution in [-0.4, -0.2) is 59.7 Å². The van der Waals surface area contributed by atoms with Crippen molar-refractivity contribution in [3.63, 3.8) is 0 Å². The van der Waals surface area contributed by atoms with Gasteiger partial charge in [0.2, 0.25) is 0 Å². The molecule has 2 saturated heterocycles. The van der Waals surface area contributed by atoms with Gasteiger partial charge in [-0.15, -0.1) is 0 Å². The minimum atomic E-state index is 0.0707. The first-order valence-electron chi connectivity index (χ1n) is 9.01. The maximum Gasteiger partial charge on any atom is 0.0629 e. The summed E-state index contributed by atoms with van der Waals surface area (Å²) in [4.78, 5) is 9.72. The molecule has 23 heavy (non-hydrogen) atoms. The second-order valence-corrected chi connectivity index (χ2v) is 7.81. The summed E-state index contributed by atoms with van der Waals surface area (Å²) in [5.41, 5.74) is 2.60. The van der Waals surface area contributed by atoms with E-state index >= 15 is 0 Å². The van der Waals surface area contributed by atoms with Gasteiger partial charge < -0.3 is 9.64 Å². The quantitative estimate of drug-likeness (QED) is 0.854. The number of aromatic nitrogens is 1. The van der Waals surface area contributed by atoms with E-state index in [2.05, 4.69) is 41.6 Å². The molecule has 2 aliphatic rings. The molecule has 0 bridgehead atoms. The van der Waals surface area contributed by atoms with Gasteiger partial charge in [0.25, 0.3) is 0 Å². The van der Waals surface area contributed by atoms with Gasteiger partial charge in [0.05, 0.1) is 11.3 Å². The number of pyridine rings is 1. The molecule has 0 amide bonds. The van der Waals surface area contributed by atoms with E-state index in [0.29, 0.717) is 0 Å². The number of hydrogen-bond donors (Lipinski definition) is 0. The van der Waals surface area contributed by atoms with Gasteiger partial charge in [-0.3, -0.25) is 9.88 Å². The SMILES string of the molecule is Cc1cccnc1CN1CCN(C[C@@H]2CCOC(C)(C)C2)CC1. The lowest BCUT2D eigenvalue weighted by Crippen LogP contribution is -2.48. The van der Waals surface area contributed by atoms with Crippen LogP contribution in [0, 0.1) is 12.8 Å². The van der Waals surface area contributed by atoms with Crippen LogP contribution in [0.25, 0.3) is 0 Å². The second-order valence-electron chi connectivity index (χ2n) is 7.81. The summed E-state index contributed by atoms with van der Waals surface area (Å²) in [6.07, 6.45) is 4.32. The van der Waals surface area contributed by atoms with Gasteiger partial charge in [0, 0.05) is 52.1 Å². The molecular formula is C19H31N3O. The van der Waals surface area contributed by atoms with Crippen molar-refractivity contribution in [2.75, 3.05) is 39.3 Å². The van der Waals surface area contributed by atoms with Gasteiger partial charge in [-0.2, -0.15) is 0 Å². The Hall–Kier alpha value is -0.970. The summed E-state index contributed by atoms with van der Waals surface area (Å²) < 4.78 is 5.85. The highest BCUT2D eigenvalue weighted by molar-refractivity contribution is 5.17. The van der Waals surface area contributed by atoms with E-state index in [-0.39, 0.29) is 5.60 Å². The third-order valence-corrected chi connectivity index (χ3v) is 5.27. The van der Waals surface area contributed by atoms with Crippen molar-refractivity contribution in [1.29, 1.82) is 0 Å². The third kappa shape index (κ3) is 4.75. The molecule has 3 heterocycles. The van der Waals surface area contributed by atoms with E-state index in [1.807, 2.05) is 12.3 Å². The van der Waals surface area contributed by atoms with Crippen LogP contribution < -0.4 is 0 Å². The molecule has 0 unspecified atom stereocenters. The maximum absolute atomic E-state index is 5.85. The fraction of sp³-hybridized carbons (Fsp3) is 0.737. The first-order valence-corrected chi connectivity index (χ1v) is 9.01. The molecule has 128 valence electrons. The van der Waals surface area contributed by atoms with Gasteiger partial charge in [0.15, 0.2) is 0 Å². The Bertz CT molecular complexity index is 509. The summed E-state index contributed by atoms with van der Waals surface area (Å²) in [6.45, 7) is 14.5. The Morgan fingerprint density at radius 3 is 2.65 bits per heavy atom. The van der Waals surface area contributed by atoms with Crippen LogP contribution in [0.5, 0.6) is 0 Å². The lowest BCUT2D eigenvalue weighted by atomic mass is 9.88. The Morgan fingerprint density at radius 1 is 1.22 bits per heavy atom. The molecule has 4 nitrogen and oxygen atoms in total. The molecular weight excluding hydrogens is 286 g/mol. The van der Waals surface area contributed by atoms with Crippen molar-refractivity contribution in [3.8, 4) is 0 Å². The summed E-state index contributed by atoms with van der Waals surface area (Å²) in [6, 6.07) is 4.18. The maximum atomic E-state index is 5.85. The zero-order chi connectivity index (χ0) is 16.3. The normalized spacial score (nSPS) is 26.3. The number of hydrogen-bond acceptors (Lipinski definition) is 4. The average Bonchev–Trinajstić information content (AvgIpc) is 2.50. The largest absolute Gasteiger partial charge is 0.376 e. The molecule has 2 aliphatic heterocycles.